The van der Waals surface area contributed by atoms with Crippen molar-refractivity contribution < 1.29 is 12.8 Å². The second kappa shape index (κ2) is 6.20. The van der Waals surface area contributed by atoms with E-state index in [0.29, 0.717) is 18.7 Å². The van der Waals surface area contributed by atoms with E-state index in [0.717, 1.165) is 25.7 Å². The quantitative estimate of drug-likeness (QED) is 0.930. The summed E-state index contributed by atoms with van der Waals surface area (Å²) in [5.74, 6) is -0.415. The topological polar surface area (TPSA) is 63.4 Å². The largest absolute Gasteiger partial charge is 0.326 e. The van der Waals surface area contributed by atoms with Gasteiger partial charge in [0, 0.05) is 25.2 Å². The molecule has 1 fully saturated rings. The van der Waals surface area contributed by atoms with E-state index in [1.54, 1.807) is 6.92 Å². The first kappa shape index (κ1) is 15.4. The van der Waals surface area contributed by atoms with Crippen LogP contribution in [0.4, 0.5) is 4.39 Å². The van der Waals surface area contributed by atoms with Crippen LogP contribution in [0.5, 0.6) is 0 Å². The van der Waals surface area contributed by atoms with Crippen LogP contribution in [-0.4, -0.2) is 25.8 Å². The summed E-state index contributed by atoms with van der Waals surface area (Å²) in [6.45, 7) is 2.64. The summed E-state index contributed by atoms with van der Waals surface area (Å²) in [4.78, 5) is 0.152. The van der Waals surface area contributed by atoms with Gasteiger partial charge in [-0.15, -0.1) is 0 Å². The molecule has 0 radical (unpaired) electrons. The van der Waals surface area contributed by atoms with Crippen LogP contribution < -0.4 is 5.73 Å². The molecule has 1 aliphatic rings. The number of rotatable bonds is 3. The zero-order chi connectivity index (χ0) is 14.8. The number of nitrogens with zero attached hydrogens (tertiary/aromatic N) is 1. The van der Waals surface area contributed by atoms with Crippen LogP contribution in [0.15, 0.2) is 17.0 Å². The molecule has 1 heterocycles. The van der Waals surface area contributed by atoms with Gasteiger partial charge >= 0.3 is 0 Å². The van der Waals surface area contributed by atoms with E-state index >= 15 is 0 Å². The molecule has 0 atom stereocenters. The van der Waals surface area contributed by atoms with Crippen molar-refractivity contribution in [2.75, 3.05) is 13.1 Å². The number of halogens is 1. The Labute approximate surface area is 119 Å². The molecule has 4 nitrogen and oxygen atoms in total. The molecular weight excluding hydrogens is 279 g/mol. The van der Waals surface area contributed by atoms with Crippen LogP contribution in [-0.2, 0) is 16.6 Å². The molecule has 1 aliphatic heterocycles. The molecule has 0 unspecified atom stereocenters. The molecule has 0 amide bonds. The number of sulfonamides is 1. The number of aryl methyl sites for hydroxylation is 1. The lowest BCUT2D eigenvalue weighted by molar-refractivity contribution is 0.423. The van der Waals surface area contributed by atoms with E-state index in [1.807, 2.05) is 0 Å². The average molecular weight is 300 g/mol. The Morgan fingerprint density at radius 2 is 1.80 bits per heavy atom. The third-order valence-corrected chi connectivity index (χ3v) is 5.60. The Balaban J connectivity index is 2.40. The highest BCUT2D eigenvalue weighted by atomic mass is 32.2. The van der Waals surface area contributed by atoms with Gasteiger partial charge in [0.25, 0.3) is 0 Å². The smallest absolute Gasteiger partial charge is 0.243 e. The van der Waals surface area contributed by atoms with Crippen molar-refractivity contribution >= 4 is 10.0 Å². The van der Waals surface area contributed by atoms with Crippen LogP contribution in [0.25, 0.3) is 0 Å². The first-order chi connectivity index (χ1) is 9.46. The fourth-order valence-electron chi connectivity index (χ4n) is 2.54. The van der Waals surface area contributed by atoms with Gasteiger partial charge in [0.2, 0.25) is 10.0 Å². The highest BCUT2D eigenvalue weighted by molar-refractivity contribution is 7.89. The molecule has 1 aromatic rings. The Morgan fingerprint density at radius 1 is 1.20 bits per heavy atom. The van der Waals surface area contributed by atoms with E-state index < -0.39 is 15.8 Å². The van der Waals surface area contributed by atoms with Gasteiger partial charge in [-0.25, -0.2) is 12.8 Å². The molecule has 2 N–H and O–H groups in total. The molecule has 1 saturated heterocycles. The fraction of sp³-hybridized carbons (Fsp3) is 0.571. The van der Waals surface area contributed by atoms with Crippen molar-refractivity contribution in [1.29, 1.82) is 0 Å². The second-order valence-corrected chi connectivity index (χ2v) is 7.17. The zero-order valence-electron chi connectivity index (χ0n) is 11.7. The summed E-state index contributed by atoms with van der Waals surface area (Å²) in [6, 6.07) is 2.76. The first-order valence-electron chi connectivity index (χ1n) is 6.96. The van der Waals surface area contributed by atoms with Gasteiger partial charge in [-0.2, -0.15) is 4.31 Å². The lowest BCUT2D eigenvalue weighted by atomic mass is 10.1. The molecule has 0 aliphatic carbocycles. The number of hydrogen-bond acceptors (Lipinski definition) is 3. The van der Waals surface area contributed by atoms with Gasteiger partial charge in [0.1, 0.15) is 5.82 Å². The second-order valence-electron chi connectivity index (χ2n) is 5.24. The molecular formula is C14H21FN2O2S. The molecule has 6 heteroatoms. The lowest BCUT2D eigenvalue weighted by Gasteiger charge is -2.20. The summed E-state index contributed by atoms with van der Waals surface area (Å²) >= 11 is 0. The van der Waals surface area contributed by atoms with Gasteiger partial charge < -0.3 is 5.73 Å². The molecule has 1 aromatic carbocycles. The molecule has 0 aromatic heterocycles. The Morgan fingerprint density at radius 3 is 2.35 bits per heavy atom. The molecule has 0 spiro atoms. The minimum atomic E-state index is -3.55. The van der Waals surface area contributed by atoms with Gasteiger partial charge in [0.15, 0.2) is 0 Å². The SMILES string of the molecule is Cc1cc(S(=O)(=O)N2CCCCCC2)cc(CN)c1F. The monoisotopic (exact) mass is 300 g/mol. The van der Waals surface area contributed by atoms with Crippen LogP contribution in [0, 0.1) is 12.7 Å². The van der Waals surface area contributed by atoms with Crippen molar-refractivity contribution in [2.24, 2.45) is 5.73 Å². The Kier molecular flexibility index (Phi) is 4.78. The summed E-state index contributed by atoms with van der Waals surface area (Å²) in [6.07, 6.45) is 3.87. The van der Waals surface area contributed by atoms with Crippen molar-refractivity contribution in [3.05, 3.63) is 29.1 Å². The average Bonchev–Trinajstić information content (AvgIpc) is 2.71. The zero-order valence-corrected chi connectivity index (χ0v) is 12.5. The van der Waals surface area contributed by atoms with E-state index in [9.17, 15) is 12.8 Å². The maximum atomic E-state index is 13.8. The van der Waals surface area contributed by atoms with Crippen molar-refractivity contribution in [3.63, 3.8) is 0 Å². The lowest BCUT2D eigenvalue weighted by Crippen LogP contribution is -2.32. The van der Waals surface area contributed by atoms with Crippen LogP contribution in [0.1, 0.15) is 36.8 Å². The number of hydrogen-bond donors (Lipinski definition) is 1. The van der Waals surface area contributed by atoms with Crippen molar-refractivity contribution in [3.8, 4) is 0 Å². The third-order valence-electron chi connectivity index (χ3n) is 3.73. The third kappa shape index (κ3) is 3.02. The maximum absolute atomic E-state index is 13.8. The van der Waals surface area contributed by atoms with E-state index in [4.69, 9.17) is 5.73 Å². The van der Waals surface area contributed by atoms with E-state index in [2.05, 4.69) is 0 Å². The molecule has 2 rings (SSSR count). The van der Waals surface area contributed by atoms with E-state index in [1.165, 1.54) is 16.4 Å². The first-order valence-corrected chi connectivity index (χ1v) is 8.40. The van der Waals surface area contributed by atoms with Crippen LogP contribution in [0.3, 0.4) is 0 Å². The molecule has 112 valence electrons. The van der Waals surface area contributed by atoms with Crippen LogP contribution >= 0.6 is 0 Å². The molecule has 0 saturated carbocycles. The fourth-order valence-corrected chi connectivity index (χ4v) is 4.19. The van der Waals surface area contributed by atoms with Crippen molar-refractivity contribution in [1.82, 2.24) is 4.31 Å². The van der Waals surface area contributed by atoms with Gasteiger partial charge in [-0.05, 0) is 37.5 Å². The Bertz CT molecular complexity index is 579. The predicted molar refractivity (Wildman–Crippen MR) is 76.3 cm³/mol. The van der Waals surface area contributed by atoms with Gasteiger partial charge in [-0.1, -0.05) is 12.8 Å². The number of benzene rings is 1. The van der Waals surface area contributed by atoms with Crippen LogP contribution in [0.2, 0.25) is 0 Å². The standard InChI is InChI=1S/C14H21FN2O2S/c1-11-8-13(9-12(10-16)14(11)15)20(18,19)17-6-4-2-3-5-7-17/h8-9H,2-7,10,16H2,1H3. The van der Waals surface area contributed by atoms with Gasteiger partial charge in [0.05, 0.1) is 4.90 Å². The summed E-state index contributed by atoms with van der Waals surface area (Å²) in [5, 5.41) is 0. The highest BCUT2D eigenvalue weighted by Crippen LogP contribution is 2.24. The van der Waals surface area contributed by atoms with Gasteiger partial charge in [-0.3, -0.25) is 0 Å². The molecule has 0 bridgehead atoms. The van der Waals surface area contributed by atoms with E-state index in [-0.39, 0.29) is 17.0 Å². The molecule has 20 heavy (non-hydrogen) atoms. The summed E-state index contributed by atoms with van der Waals surface area (Å²) < 4.78 is 40.6. The minimum Gasteiger partial charge on any atom is -0.326 e. The predicted octanol–water partition coefficient (Wildman–Crippen LogP) is 2.16. The van der Waals surface area contributed by atoms with Crippen molar-refractivity contribution in [2.45, 2.75) is 44.0 Å². The highest BCUT2D eigenvalue weighted by Gasteiger charge is 2.26. The minimum absolute atomic E-state index is 0.00394. The number of nitrogens with two attached hydrogens (primary N) is 1. The summed E-state index contributed by atoms with van der Waals surface area (Å²) in [5.41, 5.74) is 6.06. The normalized spacial score (nSPS) is 17.9. The Hall–Kier alpha value is -0.980. The summed E-state index contributed by atoms with van der Waals surface area (Å²) in [7, 11) is -3.55. The maximum Gasteiger partial charge on any atom is 0.243 e.